The molecular formula is C18H21ClN2O. The number of carbonyl (C=O) groups excluding carboxylic acids is 1. The van der Waals surface area contributed by atoms with Crippen LogP contribution in [0.5, 0.6) is 0 Å². The van der Waals surface area contributed by atoms with Gasteiger partial charge in [-0.25, -0.2) is 0 Å². The first kappa shape index (κ1) is 16.4. The summed E-state index contributed by atoms with van der Waals surface area (Å²) < 4.78 is 0. The molecule has 4 heteroatoms. The van der Waals surface area contributed by atoms with E-state index in [9.17, 15) is 4.79 Å². The molecule has 0 saturated carbocycles. The van der Waals surface area contributed by atoms with Gasteiger partial charge < -0.3 is 10.2 Å². The Hall–Kier alpha value is -2.00. The number of benzene rings is 2. The van der Waals surface area contributed by atoms with Crippen LogP contribution in [0.3, 0.4) is 0 Å². The molecule has 3 nitrogen and oxygen atoms in total. The van der Waals surface area contributed by atoms with Crippen molar-refractivity contribution < 1.29 is 4.79 Å². The van der Waals surface area contributed by atoms with Gasteiger partial charge in [0, 0.05) is 25.2 Å². The van der Waals surface area contributed by atoms with Crippen LogP contribution in [0.2, 0.25) is 5.02 Å². The van der Waals surface area contributed by atoms with E-state index in [1.165, 1.54) is 11.3 Å². The van der Waals surface area contributed by atoms with Crippen molar-refractivity contribution in [3.63, 3.8) is 0 Å². The fourth-order valence-electron chi connectivity index (χ4n) is 2.38. The van der Waals surface area contributed by atoms with E-state index in [0.717, 1.165) is 6.54 Å². The molecule has 0 bridgehead atoms. The predicted molar refractivity (Wildman–Crippen MR) is 93.8 cm³/mol. The minimum Gasteiger partial charge on any atom is -0.371 e. The number of rotatable bonds is 6. The van der Waals surface area contributed by atoms with E-state index in [1.54, 1.807) is 12.1 Å². The average Bonchev–Trinajstić information content (AvgIpc) is 2.52. The third-order valence-corrected chi connectivity index (χ3v) is 3.92. The smallest absolute Gasteiger partial charge is 0.226 e. The lowest BCUT2D eigenvalue weighted by Crippen LogP contribution is -2.28. The number of anilines is 2. The molecule has 22 heavy (non-hydrogen) atoms. The van der Waals surface area contributed by atoms with Gasteiger partial charge >= 0.3 is 0 Å². The van der Waals surface area contributed by atoms with Gasteiger partial charge in [0.15, 0.2) is 0 Å². The van der Waals surface area contributed by atoms with Crippen molar-refractivity contribution in [2.45, 2.75) is 20.3 Å². The zero-order chi connectivity index (χ0) is 15.9. The molecule has 0 aliphatic carbocycles. The SMILES string of the molecule is CCN(CCC(=O)Nc1ccccc1Cl)c1ccccc1C. The molecular weight excluding hydrogens is 296 g/mol. The topological polar surface area (TPSA) is 32.3 Å². The minimum absolute atomic E-state index is 0.0277. The van der Waals surface area contributed by atoms with Crippen LogP contribution in [-0.4, -0.2) is 19.0 Å². The van der Waals surface area contributed by atoms with Crippen molar-refractivity contribution in [3.8, 4) is 0 Å². The van der Waals surface area contributed by atoms with Crippen molar-refractivity contribution >= 4 is 28.9 Å². The van der Waals surface area contributed by atoms with Crippen LogP contribution in [-0.2, 0) is 4.79 Å². The first-order valence-electron chi connectivity index (χ1n) is 7.46. The Morgan fingerprint density at radius 3 is 2.50 bits per heavy atom. The van der Waals surface area contributed by atoms with E-state index in [1.807, 2.05) is 24.3 Å². The van der Waals surface area contributed by atoms with E-state index in [4.69, 9.17) is 11.6 Å². The van der Waals surface area contributed by atoms with Gasteiger partial charge in [0.05, 0.1) is 10.7 Å². The fraction of sp³-hybridized carbons (Fsp3) is 0.278. The zero-order valence-corrected chi connectivity index (χ0v) is 13.7. The third-order valence-electron chi connectivity index (χ3n) is 3.59. The number of halogens is 1. The van der Waals surface area contributed by atoms with Crippen LogP contribution in [0, 0.1) is 6.92 Å². The van der Waals surface area contributed by atoms with Crippen molar-refractivity contribution in [2.24, 2.45) is 0 Å². The molecule has 2 rings (SSSR count). The molecule has 0 unspecified atom stereocenters. The molecule has 0 aromatic heterocycles. The largest absolute Gasteiger partial charge is 0.371 e. The number of carbonyl (C=O) groups is 1. The van der Waals surface area contributed by atoms with Gasteiger partial charge in [-0.2, -0.15) is 0 Å². The molecule has 0 spiro atoms. The van der Waals surface area contributed by atoms with E-state index in [2.05, 4.69) is 36.2 Å². The first-order valence-corrected chi connectivity index (χ1v) is 7.84. The Morgan fingerprint density at radius 1 is 1.14 bits per heavy atom. The second-order valence-corrected chi connectivity index (χ2v) is 5.55. The maximum atomic E-state index is 12.1. The number of nitrogens with one attached hydrogen (secondary N) is 1. The number of nitrogens with zero attached hydrogens (tertiary/aromatic N) is 1. The summed E-state index contributed by atoms with van der Waals surface area (Å²) in [5.41, 5.74) is 3.06. The van der Waals surface area contributed by atoms with Crippen molar-refractivity contribution in [1.29, 1.82) is 0 Å². The molecule has 1 amide bonds. The van der Waals surface area contributed by atoms with Crippen LogP contribution in [0.4, 0.5) is 11.4 Å². The van der Waals surface area contributed by atoms with Gasteiger partial charge in [-0.15, -0.1) is 0 Å². The van der Waals surface area contributed by atoms with Gasteiger partial charge in [0.1, 0.15) is 0 Å². The molecule has 1 N–H and O–H groups in total. The lowest BCUT2D eigenvalue weighted by Gasteiger charge is -2.24. The summed E-state index contributed by atoms with van der Waals surface area (Å²) in [5, 5.41) is 3.42. The molecule has 2 aromatic carbocycles. The van der Waals surface area contributed by atoms with Gasteiger partial charge in [-0.1, -0.05) is 41.9 Å². The molecule has 0 radical (unpaired) electrons. The van der Waals surface area contributed by atoms with Crippen LogP contribution in [0.15, 0.2) is 48.5 Å². The summed E-state index contributed by atoms with van der Waals surface area (Å²) in [4.78, 5) is 14.3. The molecule has 2 aromatic rings. The Kier molecular flexibility index (Phi) is 5.84. The van der Waals surface area contributed by atoms with Crippen LogP contribution < -0.4 is 10.2 Å². The summed E-state index contributed by atoms with van der Waals surface area (Å²) in [6.45, 7) is 5.72. The second-order valence-electron chi connectivity index (χ2n) is 5.14. The Morgan fingerprint density at radius 2 is 1.82 bits per heavy atom. The quantitative estimate of drug-likeness (QED) is 0.850. The molecule has 0 aliphatic rings. The number of hydrogen-bond donors (Lipinski definition) is 1. The Balaban J connectivity index is 1.95. The summed E-state index contributed by atoms with van der Waals surface area (Å²) in [6.07, 6.45) is 0.424. The monoisotopic (exact) mass is 316 g/mol. The Bertz CT molecular complexity index is 642. The normalized spacial score (nSPS) is 10.3. The number of amides is 1. The summed E-state index contributed by atoms with van der Waals surface area (Å²) >= 11 is 6.05. The van der Waals surface area contributed by atoms with Crippen LogP contribution in [0.25, 0.3) is 0 Å². The van der Waals surface area contributed by atoms with Crippen LogP contribution in [0.1, 0.15) is 18.9 Å². The molecule has 0 aliphatic heterocycles. The third kappa shape index (κ3) is 4.25. The predicted octanol–water partition coefficient (Wildman–Crippen LogP) is 4.50. The van der Waals surface area contributed by atoms with Crippen molar-refractivity contribution in [3.05, 3.63) is 59.1 Å². The van der Waals surface area contributed by atoms with E-state index >= 15 is 0 Å². The highest BCUT2D eigenvalue weighted by Gasteiger charge is 2.10. The molecule has 0 saturated heterocycles. The van der Waals surface area contributed by atoms with Crippen molar-refractivity contribution in [2.75, 3.05) is 23.3 Å². The lowest BCUT2D eigenvalue weighted by molar-refractivity contribution is -0.116. The standard InChI is InChI=1S/C18H21ClN2O/c1-3-21(17-11-7-4-8-14(17)2)13-12-18(22)20-16-10-6-5-9-15(16)19/h4-11H,3,12-13H2,1-2H3,(H,20,22). The van der Waals surface area contributed by atoms with Gasteiger partial charge in [-0.05, 0) is 37.6 Å². The summed E-state index contributed by atoms with van der Waals surface area (Å²) in [5.74, 6) is -0.0277. The van der Waals surface area contributed by atoms with E-state index in [0.29, 0.717) is 23.7 Å². The van der Waals surface area contributed by atoms with Crippen molar-refractivity contribution in [1.82, 2.24) is 0 Å². The fourth-order valence-corrected chi connectivity index (χ4v) is 2.56. The molecule has 0 fully saturated rings. The van der Waals surface area contributed by atoms with E-state index < -0.39 is 0 Å². The molecule has 116 valence electrons. The van der Waals surface area contributed by atoms with E-state index in [-0.39, 0.29) is 5.91 Å². The maximum absolute atomic E-state index is 12.1. The summed E-state index contributed by atoms with van der Waals surface area (Å²) in [6, 6.07) is 15.5. The van der Waals surface area contributed by atoms with Crippen LogP contribution >= 0.6 is 11.6 Å². The number of hydrogen-bond acceptors (Lipinski definition) is 2. The zero-order valence-electron chi connectivity index (χ0n) is 13.0. The Labute approximate surface area is 136 Å². The molecule has 0 heterocycles. The highest BCUT2D eigenvalue weighted by atomic mass is 35.5. The lowest BCUT2D eigenvalue weighted by atomic mass is 10.1. The minimum atomic E-state index is -0.0277. The first-order chi connectivity index (χ1) is 10.6. The highest BCUT2D eigenvalue weighted by molar-refractivity contribution is 6.33. The number of aryl methyl sites for hydroxylation is 1. The molecule has 0 atom stereocenters. The second kappa shape index (κ2) is 7.85. The highest BCUT2D eigenvalue weighted by Crippen LogP contribution is 2.21. The van der Waals surface area contributed by atoms with Gasteiger partial charge in [-0.3, -0.25) is 4.79 Å². The average molecular weight is 317 g/mol. The maximum Gasteiger partial charge on any atom is 0.226 e. The van der Waals surface area contributed by atoms with Gasteiger partial charge in [0.25, 0.3) is 0 Å². The van der Waals surface area contributed by atoms with Gasteiger partial charge in [0.2, 0.25) is 5.91 Å². The summed E-state index contributed by atoms with van der Waals surface area (Å²) in [7, 11) is 0. The number of para-hydroxylation sites is 2.